The Morgan fingerprint density at radius 2 is 1.35 bits per heavy atom. The van der Waals surface area contributed by atoms with Crippen molar-refractivity contribution >= 4 is 23.3 Å². The van der Waals surface area contributed by atoms with E-state index in [-0.39, 0.29) is 11.2 Å². The maximum Gasteiger partial charge on any atom is 0.0460 e. The van der Waals surface area contributed by atoms with Gasteiger partial charge >= 0.3 is 0 Å². The lowest BCUT2D eigenvalue weighted by Gasteiger charge is -2.40. The molecule has 0 amide bonds. The molecule has 0 radical (unpaired) electrons. The smallest absolute Gasteiger partial charge is 0.0460 e. The number of hydrogen-bond acceptors (Lipinski definition) is 1. The van der Waals surface area contributed by atoms with Crippen LogP contribution in [0.4, 0.5) is 0 Å². The van der Waals surface area contributed by atoms with Crippen molar-refractivity contribution in [2.75, 3.05) is 0 Å². The minimum atomic E-state index is -1.95. The number of nitrogens with one attached hydrogen (secondary N) is 1. The van der Waals surface area contributed by atoms with Gasteiger partial charge in [-0.15, -0.1) is 0 Å². The summed E-state index contributed by atoms with van der Waals surface area (Å²) in [5.74, 6) is 0.478. The highest BCUT2D eigenvalue weighted by molar-refractivity contribution is 8.18. The van der Waals surface area contributed by atoms with Gasteiger partial charge in [-0.2, -0.15) is 0 Å². The molecule has 23 heavy (non-hydrogen) atoms. The van der Waals surface area contributed by atoms with Gasteiger partial charge in [0.05, 0.1) is 0 Å². The van der Waals surface area contributed by atoms with Crippen LogP contribution in [0.2, 0.25) is 0 Å². The zero-order chi connectivity index (χ0) is 17.1. The van der Waals surface area contributed by atoms with Crippen LogP contribution < -0.4 is 10.4 Å². The van der Waals surface area contributed by atoms with E-state index in [1.807, 2.05) is 0 Å². The van der Waals surface area contributed by atoms with Crippen LogP contribution in [0, 0.1) is 5.92 Å². The van der Waals surface area contributed by atoms with Crippen molar-refractivity contribution in [1.82, 2.24) is 5.09 Å². The van der Waals surface area contributed by atoms with E-state index in [1.165, 1.54) is 10.9 Å². The molecule has 3 heteroatoms. The first-order valence-electron chi connectivity index (χ1n) is 8.24. The molecule has 124 valence electrons. The maximum atomic E-state index is 6.30. The first-order chi connectivity index (χ1) is 10.8. The summed E-state index contributed by atoms with van der Waals surface area (Å²) >= 11 is 6.30. The van der Waals surface area contributed by atoms with Crippen molar-refractivity contribution in [3.8, 4) is 0 Å². The third-order valence-electron chi connectivity index (χ3n) is 4.21. The largest absolute Gasteiger partial charge is 0.277 e. The summed E-state index contributed by atoms with van der Waals surface area (Å²) in [6, 6.07) is 21.6. The Morgan fingerprint density at radius 1 is 0.870 bits per heavy atom. The Labute approximate surface area is 146 Å². The van der Waals surface area contributed by atoms with Gasteiger partial charge in [0.25, 0.3) is 0 Å². The molecule has 0 bridgehead atoms. The predicted octanol–water partition coefficient (Wildman–Crippen LogP) is 5.49. The molecule has 2 rings (SSSR count). The minimum absolute atomic E-state index is 0.0195. The fourth-order valence-corrected chi connectivity index (χ4v) is 6.21. The maximum absolute atomic E-state index is 6.30. The normalized spacial score (nSPS) is 16.1. The van der Waals surface area contributed by atoms with Crippen LogP contribution in [0.1, 0.15) is 46.2 Å². The van der Waals surface area contributed by atoms with Crippen LogP contribution in [0.25, 0.3) is 0 Å². The summed E-state index contributed by atoms with van der Waals surface area (Å²) in [6.07, 6.45) is -1.95. The van der Waals surface area contributed by atoms with E-state index in [1.54, 1.807) is 0 Å². The molecule has 0 saturated heterocycles. The van der Waals surface area contributed by atoms with Crippen molar-refractivity contribution in [3.63, 3.8) is 0 Å². The molecular weight excluding hydrogens is 317 g/mol. The van der Waals surface area contributed by atoms with Gasteiger partial charge in [0.1, 0.15) is 0 Å². The van der Waals surface area contributed by atoms with E-state index in [4.69, 9.17) is 11.8 Å². The molecule has 0 fully saturated rings. The second-order valence-corrected chi connectivity index (χ2v) is 12.4. The fraction of sp³-hybridized carbons (Fsp3) is 0.400. The standard InChI is InChI=1S/C20H28NPS/c1-16(2)19(17-12-8-6-9-13-17)21-22(23,20(3,4)5)18-14-10-7-11-15-18/h6-16,19H,1-5H3,(H,21,23). The lowest BCUT2D eigenvalue weighted by molar-refractivity contribution is 0.479. The molecule has 2 aromatic carbocycles. The summed E-state index contributed by atoms with van der Waals surface area (Å²) in [4.78, 5) is 0. The summed E-state index contributed by atoms with van der Waals surface area (Å²) in [5.41, 5.74) is 1.32. The summed E-state index contributed by atoms with van der Waals surface area (Å²) in [7, 11) is 0. The zero-order valence-corrected chi connectivity index (χ0v) is 16.5. The third kappa shape index (κ3) is 4.12. The average molecular weight is 345 g/mol. The highest BCUT2D eigenvalue weighted by atomic mass is 32.4. The highest BCUT2D eigenvalue weighted by Crippen LogP contribution is 2.55. The Morgan fingerprint density at radius 3 is 1.78 bits per heavy atom. The van der Waals surface area contributed by atoms with Crippen LogP contribution in [-0.2, 0) is 11.8 Å². The fourth-order valence-electron chi connectivity index (χ4n) is 2.76. The molecule has 0 aliphatic rings. The Bertz CT molecular complexity index is 659. The number of benzene rings is 2. The van der Waals surface area contributed by atoms with Gasteiger partial charge in [0.2, 0.25) is 0 Å². The summed E-state index contributed by atoms with van der Waals surface area (Å²) in [5, 5.41) is 5.22. The topological polar surface area (TPSA) is 12.0 Å². The molecule has 2 atom stereocenters. The Balaban J connectivity index is 2.47. The second-order valence-electron chi connectivity index (χ2n) is 7.38. The van der Waals surface area contributed by atoms with Crippen molar-refractivity contribution in [3.05, 3.63) is 66.2 Å². The molecule has 0 aromatic heterocycles. The van der Waals surface area contributed by atoms with Crippen LogP contribution in [0.15, 0.2) is 60.7 Å². The third-order valence-corrected chi connectivity index (χ3v) is 10.4. The van der Waals surface area contributed by atoms with Gasteiger partial charge in [-0.25, -0.2) is 0 Å². The molecule has 0 saturated carbocycles. The highest BCUT2D eigenvalue weighted by Gasteiger charge is 2.36. The van der Waals surface area contributed by atoms with Crippen LogP contribution in [0.3, 0.4) is 0 Å². The SMILES string of the molecule is CC(C)C(NP(=S)(c1ccccc1)C(C)(C)C)c1ccccc1. The predicted molar refractivity (Wildman–Crippen MR) is 107 cm³/mol. The van der Waals surface area contributed by atoms with Gasteiger partial charge in [-0.05, 0) is 16.8 Å². The van der Waals surface area contributed by atoms with Gasteiger partial charge in [-0.3, -0.25) is 5.09 Å². The van der Waals surface area contributed by atoms with Gasteiger partial charge < -0.3 is 0 Å². The molecule has 0 aliphatic heterocycles. The van der Waals surface area contributed by atoms with Crippen molar-refractivity contribution in [1.29, 1.82) is 0 Å². The molecule has 2 aromatic rings. The molecule has 1 N–H and O–H groups in total. The zero-order valence-electron chi connectivity index (χ0n) is 14.8. The second kappa shape index (κ2) is 7.30. The van der Waals surface area contributed by atoms with Crippen molar-refractivity contribution in [2.24, 2.45) is 5.92 Å². The molecule has 0 heterocycles. The number of rotatable bonds is 5. The van der Waals surface area contributed by atoms with E-state index in [0.717, 1.165) is 0 Å². The van der Waals surface area contributed by atoms with Gasteiger partial charge in [0, 0.05) is 17.4 Å². The summed E-state index contributed by atoms with van der Waals surface area (Å²) < 4.78 is 0. The van der Waals surface area contributed by atoms with E-state index in [2.05, 4.69) is 100 Å². The number of hydrogen-bond donors (Lipinski definition) is 1. The van der Waals surface area contributed by atoms with Gasteiger partial charge in [0.15, 0.2) is 0 Å². The first-order valence-corrected chi connectivity index (χ1v) is 11.0. The lowest BCUT2D eigenvalue weighted by atomic mass is 9.97. The first kappa shape index (κ1) is 18.4. The average Bonchev–Trinajstić information content (AvgIpc) is 2.52. The van der Waals surface area contributed by atoms with Gasteiger partial charge in [-0.1, -0.05) is 107 Å². The molecular formula is C20H28NPS. The van der Waals surface area contributed by atoms with Crippen LogP contribution in [0.5, 0.6) is 0 Å². The quantitative estimate of drug-likeness (QED) is 0.719. The van der Waals surface area contributed by atoms with E-state index in [9.17, 15) is 0 Å². The van der Waals surface area contributed by atoms with E-state index in [0.29, 0.717) is 5.92 Å². The van der Waals surface area contributed by atoms with Crippen LogP contribution >= 0.6 is 6.19 Å². The Hall–Kier alpha value is -0.950. The summed E-state index contributed by atoms with van der Waals surface area (Å²) in [6.45, 7) is 11.3. The van der Waals surface area contributed by atoms with Crippen molar-refractivity contribution < 1.29 is 0 Å². The van der Waals surface area contributed by atoms with Crippen LogP contribution in [-0.4, -0.2) is 5.16 Å². The van der Waals surface area contributed by atoms with E-state index >= 15 is 0 Å². The monoisotopic (exact) mass is 345 g/mol. The lowest BCUT2D eigenvalue weighted by Crippen LogP contribution is -2.36. The van der Waals surface area contributed by atoms with Crippen molar-refractivity contribution in [2.45, 2.75) is 45.8 Å². The Kier molecular flexibility index (Phi) is 5.84. The minimum Gasteiger partial charge on any atom is -0.277 e. The molecule has 0 spiro atoms. The molecule has 2 unspecified atom stereocenters. The molecule has 0 aliphatic carbocycles. The molecule has 1 nitrogen and oxygen atoms in total. The van der Waals surface area contributed by atoms with E-state index < -0.39 is 6.19 Å².